The summed E-state index contributed by atoms with van der Waals surface area (Å²) in [7, 11) is 0. The van der Waals surface area contributed by atoms with Crippen molar-refractivity contribution in [3.05, 3.63) is 200 Å². The standard InChI is InChI=1S/C54H33BN2O2/c1-6-19-47-40(14-1)41-15-2-7-20-48(41)56(47)38-27-24-34(25-28-38)36-26-29-52-46(32-36)55-54-45(44-18-5-10-23-51(44)59-55)31-37(33-53(54)58-52)35-12-11-13-39(30-35)57-49-21-8-3-16-42(49)43-17-4-9-22-50(43)57/h1-33H. The highest BCUT2D eigenvalue weighted by Gasteiger charge is 2.41. The lowest BCUT2D eigenvalue weighted by Crippen LogP contribution is -2.53. The Bertz CT molecular complexity index is 3420. The van der Waals surface area contributed by atoms with Crippen molar-refractivity contribution in [3.8, 4) is 62.0 Å². The van der Waals surface area contributed by atoms with Gasteiger partial charge in [-0.05, 0) is 101 Å². The highest BCUT2D eigenvalue weighted by atomic mass is 16.5. The number of ether oxygens (including phenoxy) is 1. The van der Waals surface area contributed by atoms with E-state index in [1.54, 1.807) is 0 Å². The Kier molecular flexibility index (Phi) is 6.78. The summed E-state index contributed by atoms with van der Waals surface area (Å²) in [5.41, 5.74) is 15.8. The van der Waals surface area contributed by atoms with Crippen LogP contribution >= 0.6 is 0 Å². The van der Waals surface area contributed by atoms with Gasteiger partial charge in [-0.1, -0.05) is 127 Å². The van der Waals surface area contributed by atoms with Crippen LogP contribution in [-0.2, 0) is 0 Å². The van der Waals surface area contributed by atoms with E-state index >= 15 is 0 Å². The van der Waals surface area contributed by atoms with Gasteiger partial charge in [0, 0.05) is 49.4 Å². The largest absolute Gasteiger partial charge is 0.551 e. The molecule has 274 valence electrons. The average Bonchev–Trinajstić information content (AvgIpc) is 3.82. The minimum Gasteiger partial charge on any atom is -0.551 e. The maximum atomic E-state index is 6.92. The van der Waals surface area contributed by atoms with E-state index in [9.17, 15) is 0 Å². The summed E-state index contributed by atoms with van der Waals surface area (Å²) < 4.78 is 18.5. The van der Waals surface area contributed by atoms with Gasteiger partial charge in [0.05, 0.1) is 22.1 Å². The Morgan fingerprint density at radius 3 is 1.56 bits per heavy atom. The van der Waals surface area contributed by atoms with Crippen LogP contribution < -0.4 is 20.3 Å². The van der Waals surface area contributed by atoms with Crippen molar-refractivity contribution in [1.82, 2.24) is 9.13 Å². The lowest BCUT2D eigenvalue weighted by atomic mass is 9.50. The van der Waals surface area contributed by atoms with Crippen LogP contribution in [0.15, 0.2) is 200 Å². The summed E-state index contributed by atoms with van der Waals surface area (Å²) >= 11 is 0. The fourth-order valence-electron chi connectivity index (χ4n) is 9.74. The number of rotatable bonds is 4. The minimum absolute atomic E-state index is 0.312. The minimum atomic E-state index is -0.312. The highest BCUT2D eigenvalue weighted by Crippen LogP contribution is 2.43. The quantitative estimate of drug-likeness (QED) is 0.168. The average molecular weight is 753 g/mol. The van der Waals surface area contributed by atoms with Gasteiger partial charge >= 0.3 is 6.92 Å². The Hall–Kier alpha value is -7.76. The zero-order valence-corrected chi connectivity index (χ0v) is 31.8. The van der Waals surface area contributed by atoms with Gasteiger partial charge < -0.3 is 18.5 Å². The fraction of sp³-hybridized carbons (Fsp3) is 0. The molecule has 2 aliphatic heterocycles. The molecule has 0 atom stereocenters. The van der Waals surface area contributed by atoms with Gasteiger partial charge in [-0.3, -0.25) is 0 Å². The molecule has 13 rings (SSSR count). The third-order valence-electron chi connectivity index (χ3n) is 12.4. The van der Waals surface area contributed by atoms with Crippen molar-refractivity contribution in [2.75, 3.05) is 0 Å². The van der Waals surface area contributed by atoms with E-state index < -0.39 is 0 Å². The number of benzene rings is 9. The molecule has 9 aromatic carbocycles. The summed E-state index contributed by atoms with van der Waals surface area (Å²) in [4.78, 5) is 0. The number of hydrogen-bond donors (Lipinski definition) is 0. The summed E-state index contributed by atoms with van der Waals surface area (Å²) in [6.07, 6.45) is 0. The first kappa shape index (κ1) is 32.3. The van der Waals surface area contributed by atoms with E-state index in [0.29, 0.717) is 0 Å². The number of aromatic nitrogens is 2. The van der Waals surface area contributed by atoms with Crippen molar-refractivity contribution in [1.29, 1.82) is 0 Å². The van der Waals surface area contributed by atoms with Gasteiger partial charge in [-0.25, -0.2) is 0 Å². The molecule has 5 heteroatoms. The van der Waals surface area contributed by atoms with Crippen LogP contribution in [0.3, 0.4) is 0 Å². The molecule has 2 aliphatic rings. The number of fused-ring (bicyclic) bond motifs is 10. The lowest BCUT2D eigenvalue weighted by molar-refractivity contribution is 0.479. The zero-order chi connectivity index (χ0) is 38.6. The molecule has 0 bridgehead atoms. The molecule has 0 radical (unpaired) electrons. The molecule has 4 heterocycles. The molecule has 2 aromatic heterocycles. The Balaban J connectivity index is 0.904. The molecule has 0 spiro atoms. The first-order chi connectivity index (χ1) is 29.2. The third-order valence-corrected chi connectivity index (χ3v) is 12.4. The highest BCUT2D eigenvalue weighted by molar-refractivity contribution is 6.84. The van der Waals surface area contributed by atoms with Gasteiger partial charge in [0.25, 0.3) is 0 Å². The van der Waals surface area contributed by atoms with Gasteiger partial charge in [-0.2, -0.15) is 0 Å². The maximum Gasteiger partial charge on any atom is 0.434 e. The molecule has 0 unspecified atom stereocenters. The van der Waals surface area contributed by atoms with E-state index in [1.807, 2.05) is 0 Å². The third kappa shape index (κ3) is 4.79. The predicted molar refractivity (Wildman–Crippen MR) is 244 cm³/mol. The van der Waals surface area contributed by atoms with Crippen molar-refractivity contribution >= 4 is 61.5 Å². The van der Waals surface area contributed by atoms with E-state index in [2.05, 4.69) is 209 Å². The molecule has 0 N–H and O–H groups in total. The first-order valence-electron chi connectivity index (χ1n) is 20.2. The van der Waals surface area contributed by atoms with Crippen LogP contribution in [0.25, 0.3) is 88.4 Å². The molecule has 0 aliphatic carbocycles. The van der Waals surface area contributed by atoms with E-state index in [4.69, 9.17) is 9.39 Å². The molecule has 4 nitrogen and oxygen atoms in total. The molecule has 0 amide bonds. The van der Waals surface area contributed by atoms with Gasteiger partial charge in [0.15, 0.2) is 0 Å². The zero-order valence-electron chi connectivity index (χ0n) is 31.8. The maximum absolute atomic E-state index is 6.92. The second-order valence-electron chi connectivity index (χ2n) is 15.6. The Morgan fingerprint density at radius 1 is 0.339 bits per heavy atom. The van der Waals surface area contributed by atoms with E-state index in [-0.39, 0.29) is 6.92 Å². The van der Waals surface area contributed by atoms with Crippen molar-refractivity contribution in [2.24, 2.45) is 0 Å². The molecule has 0 fully saturated rings. The number of para-hydroxylation sites is 5. The summed E-state index contributed by atoms with van der Waals surface area (Å²) in [5, 5.41) is 5.02. The molecular weight excluding hydrogens is 719 g/mol. The number of nitrogens with zero attached hydrogens (tertiary/aromatic N) is 2. The normalized spacial score (nSPS) is 12.6. The van der Waals surface area contributed by atoms with Crippen molar-refractivity contribution in [2.45, 2.75) is 0 Å². The Morgan fingerprint density at radius 2 is 0.898 bits per heavy atom. The first-order valence-corrected chi connectivity index (χ1v) is 20.2. The number of hydrogen-bond acceptors (Lipinski definition) is 2. The lowest BCUT2D eigenvalue weighted by Gasteiger charge is -2.33. The van der Waals surface area contributed by atoms with E-state index in [1.165, 1.54) is 43.6 Å². The SMILES string of the molecule is c1cc(-c2cc3c4c(c2)-c2ccccc2OB4c2cc(-c4ccc(-n5c6ccccc6c6ccccc65)cc4)ccc2O3)cc(-n2c3ccccc3c3ccccc32)c1. The van der Waals surface area contributed by atoms with Crippen molar-refractivity contribution < 1.29 is 9.39 Å². The van der Waals surface area contributed by atoms with Crippen LogP contribution in [0.1, 0.15) is 0 Å². The van der Waals surface area contributed by atoms with Gasteiger partial charge in [-0.15, -0.1) is 0 Å². The van der Waals surface area contributed by atoms with Crippen LogP contribution in [-0.4, -0.2) is 16.0 Å². The van der Waals surface area contributed by atoms with Crippen molar-refractivity contribution in [3.63, 3.8) is 0 Å². The van der Waals surface area contributed by atoms with Crippen LogP contribution in [0.2, 0.25) is 0 Å². The van der Waals surface area contributed by atoms with Crippen LogP contribution in [0, 0.1) is 0 Å². The second kappa shape index (κ2) is 12.4. The summed E-state index contributed by atoms with van der Waals surface area (Å²) in [6.45, 7) is -0.312. The van der Waals surface area contributed by atoms with Gasteiger partial charge in [0.2, 0.25) is 0 Å². The molecule has 0 saturated carbocycles. The van der Waals surface area contributed by atoms with E-state index in [0.717, 1.165) is 72.9 Å². The molecule has 0 saturated heterocycles. The smallest absolute Gasteiger partial charge is 0.434 e. The molecular formula is C54H33BN2O2. The topological polar surface area (TPSA) is 28.3 Å². The predicted octanol–water partition coefficient (Wildman–Crippen LogP) is 12.5. The fourth-order valence-corrected chi connectivity index (χ4v) is 9.74. The monoisotopic (exact) mass is 752 g/mol. The molecule has 11 aromatic rings. The molecule has 59 heavy (non-hydrogen) atoms. The van der Waals surface area contributed by atoms with Gasteiger partial charge in [0.1, 0.15) is 17.2 Å². The second-order valence-corrected chi connectivity index (χ2v) is 15.6. The summed E-state index contributed by atoms with van der Waals surface area (Å²) in [6, 6.07) is 71.8. The Labute approximate surface area is 340 Å². The van der Waals surface area contributed by atoms with Crippen LogP contribution in [0.4, 0.5) is 0 Å². The summed E-state index contributed by atoms with van der Waals surface area (Å²) in [5.74, 6) is 2.52. The van der Waals surface area contributed by atoms with Crippen LogP contribution in [0.5, 0.6) is 17.2 Å².